The highest BCUT2D eigenvalue weighted by atomic mass is 35.5. The van der Waals surface area contributed by atoms with E-state index < -0.39 is 0 Å². The van der Waals surface area contributed by atoms with Crippen molar-refractivity contribution in [2.75, 3.05) is 44.3 Å². The van der Waals surface area contributed by atoms with Crippen LogP contribution < -0.4 is 32.1 Å². The molecule has 2 aliphatic rings. The van der Waals surface area contributed by atoms with Gasteiger partial charge in [0.25, 0.3) is 0 Å². The molecule has 0 amide bonds. The van der Waals surface area contributed by atoms with E-state index in [1.54, 1.807) is 0 Å². The number of hydrogen-bond donors (Lipinski definition) is 1. The molecule has 0 atom stereocenters. The monoisotopic (exact) mass is 255 g/mol. The summed E-state index contributed by atoms with van der Waals surface area (Å²) in [5.41, 5.74) is 1.17. The molecule has 0 unspecified atom stereocenters. The average Bonchev–Trinajstić information content (AvgIpc) is 2.39. The van der Waals surface area contributed by atoms with Crippen LogP contribution in [0.4, 0.5) is 5.69 Å². The van der Waals surface area contributed by atoms with E-state index in [4.69, 9.17) is 9.47 Å². The van der Waals surface area contributed by atoms with Gasteiger partial charge in [0.2, 0.25) is 0 Å². The van der Waals surface area contributed by atoms with Gasteiger partial charge in [0.15, 0.2) is 11.5 Å². The molecule has 5 heteroatoms. The molecule has 0 spiro atoms. The normalized spacial score (nSPS) is 18.5. The number of benzene rings is 1. The lowest BCUT2D eigenvalue weighted by molar-refractivity contribution is -0.00000379. The van der Waals surface area contributed by atoms with Gasteiger partial charge in [-0.1, -0.05) is 6.07 Å². The Balaban J connectivity index is 0.00000108. The van der Waals surface area contributed by atoms with Gasteiger partial charge in [0.05, 0.1) is 5.69 Å². The molecule has 1 aromatic carbocycles. The minimum Gasteiger partial charge on any atom is -1.00 e. The third-order valence-electron chi connectivity index (χ3n) is 3.00. The predicted molar refractivity (Wildman–Crippen MR) is 62.5 cm³/mol. The molecule has 4 nitrogen and oxygen atoms in total. The smallest absolute Gasteiger partial charge is 0.184 e. The van der Waals surface area contributed by atoms with Gasteiger partial charge in [0, 0.05) is 26.2 Å². The minimum absolute atomic E-state index is 0. The second-order valence-corrected chi connectivity index (χ2v) is 4.04. The molecule has 0 aromatic heterocycles. The van der Waals surface area contributed by atoms with Gasteiger partial charge in [-0.25, -0.2) is 0 Å². The van der Waals surface area contributed by atoms with Crippen LogP contribution in [0, 0.1) is 0 Å². The Hall–Kier alpha value is -1.13. The summed E-state index contributed by atoms with van der Waals surface area (Å²) < 4.78 is 11.3. The zero-order chi connectivity index (χ0) is 10.8. The Bertz CT molecular complexity index is 381. The highest BCUT2D eigenvalue weighted by Gasteiger charge is 2.20. The van der Waals surface area contributed by atoms with Crippen LogP contribution in [0.25, 0.3) is 0 Å². The molecular formula is C12H16ClN2O2-. The van der Waals surface area contributed by atoms with E-state index in [2.05, 4.69) is 16.3 Å². The zero-order valence-corrected chi connectivity index (χ0v) is 10.4. The first-order chi connectivity index (χ1) is 7.95. The van der Waals surface area contributed by atoms with Crippen molar-refractivity contribution >= 4 is 5.69 Å². The van der Waals surface area contributed by atoms with Gasteiger partial charge < -0.3 is 32.1 Å². The Morgan fingerprint density at radius 1 is 1.06 bits per heavy atom. The fourth-order valence-corrected chi connectivity index (χ4v) is 2.21. The van der Waals surface area contributed by atoms with Gasteiger partial charge >= 0.3 is 0 Å². The Morgan fingerprint density at radius 2 is 1.82 bits per heavy atom. The molecule has 1 aromatic rings. The first-order valence-corrected chi connectivity index (χ1v) is 5.79. The highest BCUT2D eigenvalue weighted by molar-refractivity contribution is 5.65. The zero-order valence-electron chi connectivity index (χ0n) is 9.62. The maximum atomic E-state index is 5.72. The largest absolute Gasteiger partial charge is 1.00 e. The predicted octanol–water partition coefficient (Wildman–Crippen LogP) is -2.13. The number of hydrogen-bond acceptors (Lipinski definition) is 4. The van der Waals surface area contributed by atoms with Gasteiger partial charge in [-0.2, -0.15) is 0 Å². The third kappa shape index (κ3) is 2.42. The van der Waals surface area contributed by atoms with Gasteiger partial charge in [-0.05, 0) is 12.1 Å². The summed E-state index contributed by atoms with van der Waals surface area (Å²) in [5.74, 6) is 1.79. The lowest BCUT2D eigenvalue weighted by Gasteiger charge is -2.32. The van der Waals surface area contributed by atoms with Crippen molar-refractivity contribution in [3.05, 3.63) is 18.2 Å². The molecule has 1 N–H and O–H groups in total. The maximum Gasteiger partial charge on any atom is 0.184 e. The van der Waals surface area contributed by atoms with E-state index in [0.29, 0.717) is 13.2 Å². The lowest BCUT2D eigenvalue weighted by Crippen LogP contribution is -3.00. The van der Waals surface area contributed by atoms with E-state index in [0.717, 1.165) is 37.7 Å². The molecule has 1 saturated heterocycles. The van der Waals surface area contributed by atoms with Crippen LogP contribution in [0.15, 0.2) is 18.2 Å². The number of rotatable bonds is 1. The molecule has 0 aliphatic carbocycles. The Labute approximate surface area is 107 Å². The molecule has 94 valence electrons. The molecule has 2 aliphatic heterocycles. The molecule has 0 radical (unpaired) electrons. The number of anilines is 1. The molecule has 0 saturated carbocycles. The summed E-state index contributed by atoms with van der Waals surface area (Å²) in [7, 11) is 0. The summed E-state index contributed by atoms with van der Waals surface area (Å²) in [4.78, 5) is 2.35. The second-order valence-electron chi connectivity index (χ2n) is 4.04. The van der Waals surface area contributed by atoms with Gasteiger partial charge in [0.1, 0.15) is 13.2 Å². The SMILES string of the molecule is [Cl-].c1cc2c(c(N3CCNCC3)c1)OCCO2. The number of nitrogens with zero attached hydrogens (tertiary/aromatic N) is 1. The number of para-hydroxylation sites is 1. The number of halogens is 1. The fraction of sp³-hybridized carbons (Fsp3) is 0.500. The topological polar surface area (TPSA) is 33.7 Å². The van der Waals surface area contributed by atoms with Crippen LogP contribution in [0.3, 0.4) is 0 Å². The van der Waals surface area contributed by atoms with Crippen molar-refractivity contribution in [2.24, 2.45) is 0 Å². The van der Waals surface area contributed by atoms with E-state index in [9.17, 15) is 0 Å². The van der Waals surface area contributed by atoms with Crippen LogP contribution in [0.2, 0.25) is 0 Å². The van der Waals surface area contributed by atoms with E-state index in [1.165, 1.54) is 5.69 Å². The average molecular weight is 256 g/mol. The van der Waals surface area contributed by atoms with Crippen LogP contribution in [0.1, 0.15) is 0 Å². The third-order valence-corrected chi connectivity index (χ3v) is 3.00. The summed E-state index contributed by atoms with van der Waals surface area (Å²) in [5, 5.41) is 3.35. The van der Waals surface area contributed by atoms with E-state index in [1.807, 2.05) is 12.1 Å². The molecule has 2 heterocycles. The first-order valence-electron chi connectivity index (χ1n) is 5.79. The number of fused-ring (bicyclic) bond motifs is 1. The minimum atomic E-state index is 0. The van der Waals surface area contributed by atoms with Crippen LogP contribution in [-0.4, -0.2) is 39.4 Å². The van der Waals surface area contributed by atoms with Crippen molar-refractivity contribution in [3.8, 4) is 11.5 Å². The number of ether oxygens (including phenoxy) is 2. The van der Waals surface area contributed by atoms with Crippen molar-refractivity contribution in [1.82, 2.24) is 5.32 Å². The number of piperazine rings is 1. The van der Waals surface area contributed by atoms with E-state index in [-0.39, 0.29) is 12.4 Å². The van der Waals surface area contributed by atoms with Crippen molar-refractivity contribution in [3.63, 3.8) is 0 Å². The van der Waals surface area contributed by atoms with Crippen LogP contribution >= 0.6 is 0 Å². The van der Waals surface area contributed by atoms with E-state index >= 15 is 0 Å². The fourth-order valence-electron chi connectivity index (χ4n) is 2.21. The standard InChI is InChI=1S/C12H16N2O2.ClH/c1-2-10(14-6-4-13-5-7-14)12-11(3-1)15-8-9-16-12;/h1-3,13H,4-9H2;1H/p-1. The van der Waals surface area contributed by atoms with Crippen molar-refractivity contribution in [2.45, 2.75) is 0 Å². The lowest BCUT2D eigenvalue weighted by atomic mass is 10.2. The van der Waals surface area contributed by atoms with Crippen molar-refractivity contribution in [1.29, 1.82) is 0 Å². The summed E-state index contributed by atoms with van der Waals surface area (Å²) in [6.07, 6.45) is 0. The molecule has 1 fully saturated rings. The summed E-state index contributed by atoms with van der Waals surface area (Å²) in [6, 6.07) is 6.11. The van der Waals surface area contributed by atoms with Gasteiger partial charge in [-0.15, -0.1) is 0 Å². The van der Waals surface area contributed by atoms with Crippen molar-refractivity contribution < 1.29 is 21.9 Å². The van der Waals surface area contributed by atoms with Gasteiger partial charge in [-0.3, -0.25) is 0 Å². The number of nitrogens with one attached hydrogen (secondary N) is 1. The molecule has 3 rings (SSSR count). The molecule has 0 bridgehead atoms. The maximum absolute atomic E-state index is 5.72. The molecule has 17 heavy (non-hydrogen) atoms. The second kappa shape index (κ2) is 5.47. The van der Waals surface area contributed by atoms with Crippen LogP contribution in [0.5, 0.6) is 11.5 Å². The first kappa shape index (κ1) is 12.3. The molecular weight excluding hydrogens is 240 g/mol. The Morgan fingerprint density at radius 3 is 2.65 bits per heavy atom. The summed E-state index contributed by atoms with van der Waals surface area (Å²) in [6.45, 7) is 5.42. The van der Waals surface area contributed by atoms with Crippen LogP contribution in [-0.2, 0) is 0 Å². The quantitative estimate of drug-likeness (QED) is 0.622. The highest BCUT2D eigenvalue weighted by Crippen LogP contribution is 2.39. The summed E-state index contributed by atoms with van der Waals surface area (Å²) >= 11 is 0. The Kier molecular flexibility index (Phi) is 3.97.